The quantitative estimate of drug-likeness (QED) is 0.885. The number of carboxylic acid groups (broad SMARTS) is 1. The van der Waals surface area contributed by atoms with E-state index in [-0.39, 0.29) is 30.4 Å². The molecule has 2 aromatic rings. The van der Waals surface area contributed by atoms with Gasteiger partial charge in [-0.3, -0.25) is 4.79 Å². The molecule has 5 nitrogen and oxygen atoms in total. The Bertz CT molecular complexity index is 862. The smallest absolute Gasteiger partial charge is 0.416 e. The molecule has 0 atom stereocenters. The van der Waals surface area contributed by atoms with Gasteiger partial charge in [-0.2, -0.15) is 13.2 Å². The molecule has 0 aromatic heterocycles. The second kappa shape index (κ2) is 7.30. The first-order chi connectivity index (χ1) is 12.7. The molecule has 0 saturated heterocycles. The lowest BCUT2D eigenvalue weighted by atomic mass is 9.97. The first-order valence-electron chi connectivity index (χ1n) is 8.17. The molecule has 142 valence electrons. The van der Waals surface area contributed by atoms with Gasteiger partial charge >= 0.3 is 12.1 Å². The molecular weight excluding hydrogens is 363 g/mol. The van der Waals surface area contributed by atoms with Crippen LogP contribution in [0.5, 0.6) is 5.75 Å². The van der Waals surface area contributed by atoms with Crippen molar-refractivity contribution in [1.82, 2.24) is 4.90 Å². The summed E-state index contributed by atoms with van der Waals surface area (Å²) in [5.41, 5.74) is 1.13. The van der Waals surface area contributed by atoms with Crippen molar-refractivity contribution in [2.24, 2.45) is 0 Å². The minimum Gasteiger partial charge on any atom is -0.484 e. The summed E-state index contributed by atoms with van der Waals surface area (Å²) in [6.45, 7) is 0.430. The van der Waals surface area contributed by atoms with Crippen molar-refractivity contribution in [3.8, 4) is 5.75 Å². The molecule has 0 aliphatic carbocycles. The van der Waals surface area contributed by atoms with Crippen molar-refractivity contribution in [1.29, 1.82) is 0 Å². The highest BCUT2D eigenvalue weighted by Gasteiger charge is 2.30. The van der Waals surface area contributed by atoms with Crippen LogP contribution in [0.15, 0.2) is 42.5 Å². The van der Waals surface area contributed by atoms with E-state index in [2.05, 4.69) is 0 Å². The van der Waals surface area contributed by atoms with Crippen molar-refractivity contribution in [3.63, 3.8) is 0 Å². The van der Waals surface area contributed by atoms with E-state index in [1.54, 1.807) is 12.1 Å². The molecule has 0 unspecified atom stereocenters. The van der Waals surface area contributed by atoms with Crippen LogP contribution in [0.1, 0.15) is 27.0 Å². The number of amides is 1. The van der Waals surface area contributed by atoms with Crippen molar-refractivity contribution in [3.05, 3.63) is 64.7 Å². The van der Waals surface area contributed by atoms with Crippen molar-refractivity contribution in [2.75, 3.05) is 13.2 Å². The third-order valence-corrected chi connectivity index (χ3v) is 4.36. The molecule has 3 rings (SSSR count). The number of nitrogens with zero attached hydrogens (tertiary/aromatic N) is 1. The Hall–Kier alpha value is -3.03. The summed E-state index contributed by atoms with van der Waals surface area (Å²) in [6.07, 6.45) is -3.83. The molecule has 1 aliphatic rings. The van der Waals surface area contributed by atoms with Crippen molar-refractivity contribution >= 4 is 11.9 Å². The van der Waals surface area contributed by atoms with Crippen LogP contribution >= 0.6 is 0 Å². The highest BCUT2D eigenvalue weighted by molar-refractivity contribution is 5.88. The lowest BCUT2D eigenvalue weighted by molar-refractivity contribution is -0.138. The van der Waals surface area contributed by atoms with Crippen LogP contribution in [0.25, 0.3) is 0 Å². The Morgan fingerprint density at radius 1 is 1.07 bits per heavy atom. The Kier molecular flexibility index (Phi) is 5.07. The maximum absolute atomic E-state index is 12.5. The number of carbonyl (C=O) groups excluding carboxylic acids is 1. The molecule has 2 aromatic carbocycles. The minimum atomic E-state index is -4.43. The molecule has 27 heavy (non-hydrogen) atoms. The summed E-state index contributed by atoms with van der Waals surface area (Å²) in [5, 5.41) is 9.07. The summed E-state index contributed by atoms with van der Waals surface area (Å²) < 4.78 is 42.9. The van der Waals surface area contributed by atoms with Crippen LogP contribution in [0.3, 0.4) is 0 Å². The predicted molar refractivity (Wildman–Crippen MR) is 89.5 cm³/mol. The first-order valence-corrected chi connectivity index (χ1v) is 8.17. The molecule has 1 N–H and O–H groups in total. The average molecular weight is 379 g/mol. The number of fused-ring (bicyclic) bond motifs is 1. The van der Waals surface area contributed by atoms with Gasteiger partial charge in [0.25, 0.3) is 5.91 Å². The number of carboxylic acids is 1. The summed E-state index contributed by atoms with van der Waals surface area (Å²) in [6, 6.07) is 8.95. The number of hydrogen-bond acceptors (Lipinski definition) is 3. The minimum absolute atomic E-state index is 0.157. The van der Waals surface area contributed by atoms with E-state index in [9.17, 15) is 22.8 Å². The van der Waals surface area contributed by atoms with Crippen LogP contribution in [0, 0.1) is 0 Å². The van der Waals surface area contributed by atoms with Crippen molar-refractivity contribution < 1.29 is 32.6 Å². The van der Waals surface area contributed by atoms with E-state index >= 15 is 0 Å². The lowest BCUT2D eigenvalue weighted by Crippen LogP contribution is -2.38. The largest absolute Gasteiger partial charge is 0.484 e. The number of alkyl halides is 3. The van der Waals surface area contributed by atoms with Gasteiger partial charge < -0.3 is 14.7 Å². The van der Waals surface area contributed by atoms with Crippen LogP contribution in [-0.2, 0) is 23.9 Å². The fourth-order valence-electron chi connectivity index (χ4n) is 2.88. The van der Waals surface area contributed by atoms with Crippen LogP contribution in [0.4, 0.5) is 13.2 Å². The van der Waals surface area contributed by atoms with E-state index in [1.807, 2.05) is 0 Å². The second-order valence-electron chi connectivity index (χ2n) is 6.16. The van der Waals surface area contributed by atoms with Gasteiger partial charge in [0.2, 0.25) is 0 Å². The zero-order valence-electron chi connectivity index (χ0n) is 14.1. The Morgan fingerprint density at radius 3 is 2.41 bits per heavy atom. The number of ether oxygens (including phenoxy) is 1. The van der Waals surface area contributed by atoms with Gasteiger partial charge in [-0.1, -0.05) is 6.07 Å². The maximum Gasteiger partial charge on any atom is 0.416 e. The molecule has 0 bridgehead atoms. The zero-order valence-corrected chi connectivity index (χ0v) is 14.1. The normalized spacial score (nSPS) is 13.8. The van der Waals surface area contributed by atoms with E-state index < -0.39 is 17.7 Å². The fraction of sp³-hybridized carbons (Fsp3) is 0.263. The van der Waals surface area contributed by atoms with Gasteiger partial charge in [-0.15, -0.1) is 0 Å². The molecular formula is C19H16F3NO4. The van der Waals surface area contributed by atoms with Crippen LogP contribution in [-0.4, -0.2) is 35.0 Å². The van der Waals surface area contributed by atoms with Crippen molar-refractivity contribution in [2.45, 2.75) is 19.1 Å². The molecule has 1 amide bonds. The third-order valence-electron chi connectivity index (χ3n) is 4.36. The van der Waals surface area contributed by atoms with Gasteiger partial charge in [-0.25, -0.2) is 4.79 Å². The fourth-order valence-corrected chi connectivity index (χ4v) is 2.88. The molecule has 0 fully saturated rings. The van der Waals surface area contributed by atoms with Gasteiger partial charge in [0, 0.05) is 13.1 Å². The summed E-state index contributed by atoms with van der Waals surface area (Å²) >= 11 is 0. The van der Waals surface area contributed by atoms with Gasteiger partial charge in [0.15, 0.2) is 6.61 Å². The molecule has 1 aliphatic heterocycles. The number of rotatable bonds is 4. The summed E-state index contributed by atoms with van der Waals surface area (Å²) in [5.74, 6) is -1.19. The van der Waals surface area contributed by atoms with Gasteiger partial charge in [0.05, 0.1) is 11.1 Å². The molecule has 0 radical (unpaired) electrons. The lowest BCUT2D eigenvalue weighted by Gasteiger charge is -2.29. The highest BCUT2D eigenvalue weighted by Crippen LogP contribution is 2.30. The van der Waals surface area contributed by atoms with E-state index in [1.165, 1.54) is 23.1 Å². The first kappa shape index (κ1) is 18.8. The highest BCUT2D eigenvalue weighted by atomic mass is 19.4. The Morgan fingerprint density at radius 2 is 1.78 bits per heavy atom. The van der Waals surface area contributed by atoms with Crippen LogP contribution < -0.4 is 4.74 Å². The number of aromatic carboxylic acids is 1. The van der Waals surface area contributed by atoms with E-state index in [0.717, 1.165) is 23.3 Å². The summed E-state index contributed by atoms with van der Waals surface area (Å²) in [4.78, 5) is 24.9. The molecule has 0 saturated carbocycles. The van der Waals surface area contributed by atoms with E-state index in [0.29, 0.717) is 13.0 Å². The Labute approximate surface area is 153 Å². The maximum atomic E-state index is 12.5. The Balaban J connectivity index is 1.60. The average Bonchev–Trinajstić information content (AvgIpc) is 2.64. The zero-order chi connectivity index (χ0) is 19.6. The SMILES string of the molecule is O=C(O)c1ccc2c(c1)CN(C(=O)COc1ccc(C(F)(F)F)cc1)CC2. The number of carbonyl (C=O) groups is 2. The topological polar surface area (TPSA) is 66.8 Å². The van der Waals surface area contributed by atoms with E-state index in [4.69, 9.17) is 9.84 Å². The monoisotopic (exact) mass is 379 g/mol. The molecule has 0 spiro atoms. The van der Waals surface area contributed by atoms with Gasteiger partial charge in [0.1, 0.15) is 5.75 Å². The number of halogens is 3. The summed E-state index contributed by atoms with van der Waals surface area (Å²) in [7, 11) is 0. The standard InChI is InChI=1S/C19H16F3NO4/c20-19(21,22)15-3-5-16(6-4-15)27-11-17(24)23-8-7-12-1-2-13(18(25)26)9-14(12)10-23/h1-6,9H,7-8,10-11H2,(H,25,26). The third kappa shape index (κ3) is 4.39. The van der Waals surface area contributed by atoms with Gasteiger partial charge in [-0.05, 0) is 53.9 Å². The predicted octanol–water partition coefficient (Wildman–Crippen LogP) is 3.37. The molecule has 1 heterocycles. The van der Waals surface area contributed by atoms with Crippen LogP contribution in [0.2, 0.25) is 0 Å². The molecule has 8 heteroatoms. The number of hydrogen-bond donors (Lipinski definition) is 1. The second-order valence-corrected chi connectivity index (χ2v) is 6.16. The number of benzene rings is 2.